The minimum absolute atomic E-state index is 0.0499. The SMILES string of the molecule is Cc1ccc2c(c1)C=C1C(=O)C=CN=C12. The van der Waals surface area contributed by atoms with E-state index in [4.69, 9.17) is 0 Å². The van der Waals surface area contributed by atoms with Crippen LogP contribution in [0.25, 0.3) is 6.08 Å². The first kappa shape index (κ1) is 8.36. The maximum Gasteiger partial charge on any atom is 0.189 e. The molecule has 0 saturated heterocycles. The number of aryl methyl sites for hydroxylation is 1. The molecule has 0 saturated carbocycles. The van der Waals surface area contributed by atoms with Gasteiger partial charge in [-0.2, -0.15) is 0 Å². The van der Waals surface area contributed by atoms with Crippen molar-refractivity contribution < 1.29 is 4.79 Å². The first-order valence-corrected chi connectivity index (χ1v) is 4.87. The number of benzene rings is 1. The van der Waals surface area contributed by atoms with E-state index in [1.165, 1.54) is 11.6 Å². The summed E-state index contributed by atoms with van der Waals surface area (Å²) in [5, 5.41) is 0. The Labute approximate surface area is 87.7 Å². The van der Waals surface area contributed by atoms with E-state index in [1.54, 1.807) is 6.20 Å². The van der Waals surface area contributed by atoms with Crippen LogP contribution < -0.4 is 0 Å². The van der Waals surface area contributed by atoms with E-state index in [2.05, 4.69) is 11.1 Å². The second kappa shape index (κ2) is 2.76. The van der Waals surface area contributed by atoms with Crippen LogP contribution in [0.1, 0.15) is 16.7 Å². The van der Waals surface area contributed by atoms with Crippen LogP contribution in [0.2, 0.25) is 0 Å². The number of hydrogen-bond donors (Lipinski definition) is 0. The Bertz CT molecular complexity index is 562. The highest BCUT2D eigenvalue weighted by molar-refractivity contribution is 6.38. The van der Waals surface area contributed by atoms with Crippen molar-refractivity contribution in [3.05, 3.63) is 52.7 Å². The van der Waals surface area contributed by atoms with E-state index in [0.717, 1.165) is 22.4 Å². The molecule has 0 atom stereocenters. The Kier molecular flexibility index (Phi) is 1.54. The number of rotatable bonds is 0. The molecule has 3 rings (SSSR count). The van der Waals surface area contributed by atoms with Crippen molar-refractivity contribution >= 4 is 17.6 Å². The molecule has 0 amide bonds. The van der Waals surface area contributed by atoms with Crippen LogP contribution in [0.5, 0.6) is 0 Å². The number of aliphatic imine (C=N–C) groups is 1. The normalized spacial score (nSPS) is 17.0. The Balaban J connectivity index is 2.26. The fourth-order valence-electron chi connectivity index (χ4n) is 1.98. The van der Waals surface area contributed by atoms with Crippen molar-refractivity contribution in [3.63, 3.8) is 0 Å². The van der Waals surface area contributed by atoms with Crippen LogP contribution >= 0.6 is 0 Å². The van der Waals surface area contributed by atoms with E-state index in [9.17, 15) is 4.79 Å². The first-order valence-electron chi connectivity index (χ1n) is 4.87. The molecule has 15 heavy (non-hydrogen) atoms. The van der Waals surface area contributed by atoms with Gasteiger partial charge in [0, 0.05) is 23.4 Å². The molecule has 2 heteroatoms. The average molecular weight is 195 g/mol. The molecule has 1 aromatic rings. The highest BCUT2D eigenvalue weighted by atomic mass is 16.1. The summed E-state index contributed by atoms with van der Waals surface area (Å²) >= 11 is 0. The van der Waals surface area contributed by atoms with Crippen molar-refractivity contribution in [1.29, 1.82) is 0 Å². The largest absolute Gasteiger partial charge is 0.289 e. The Morgan fingerprint density at radius 1 is 1.27 bits per heavy atom. The topological polar surface area (TPSA) is 29.4 Å². The van der Waals surface area contributed by atoms with Crippen LogP contribution in [0.3, 0.4) is 0 Å². The number of nitrogens with zero attached hydrogens (tertiary/aromatic N) is 1. The monoisotopic (exact) mass is 195 g/mol. The summed E-state index contributed by atoms with van der Waals surface area (Å²) in [7, 11) is 0. The molecular weight excluding hydrogens is 186 g/mol. The number of hydrogen-bond acceptors (Lipinski definition) is 2. The molecule has 0 N–H and O–H groups in total. The van der Waals surface area contributed by atoms with Gasteiger partial charge in [0.1, 0.15) is 0 Å². The molecule has 0 fully saturated rings. The summed E-state index contributed by atoms with van der Waals surface area (Å²) < 4.78 is 0. The third-order valence-electron chi connectivity index (χ3n) is 2.71. The molecule has 0 bridgehead atoms. The van der Waals surface area contributed by atoms with Gasteiger partial charge in [0.05, 0.1) is 5.71 Å². The number of carbonyl (C=O) groups excluding carboxylic acids is 1. The smallest absolute Gasteiger partial charge is 0.189 e. The fraction of sp³-hybridized carbons (Fsp3) is 0.0769. The predicted octanol–water partition coefficient (Wildman–Crippen LogP) is 2.28. The second-order valence-electron chi connectivity index (χ2n) is 3.81. The van der Waals surface area contributed by atoms with Gasteiger partial charge in [0.2, 0.25) is 0 Å². The summed E-state index contributed by atoms with van der Waals surface area (Å²) in [5.41, 5.74) is 4.90. The molecule has 2 aliphatic rings. The lowest BCUT2D eigenvalue weighted by molar-refractivity contribution is -0.110. The van der Waals surface area contributed by atoms with E-state index in [1.807, 2.05) is 25.1 Å². The van der Waals surface area contributed by atoms with Crippen LogP contribution in [-0.2, 0) is 4.79 Å². The van der Waals surface area contributed by atoms with E-state index < -0.39 is 0 Å². The van der Waals surface area contributed by atoms with Crippen molar-refractivity contribution in [2.24, 2.45) is 4.99 Å². The summed E-state index contributed by atoms with van der Waals surface area (Å²) in [4.78, 5) is 15.9. The predicted molar refractivity (Wildman–Crippen MR) is 59.8 cm³/mol. The Hall–Kier alpha value is -1.96. The summed E-state index contributed by atoms with van der Waals surface area (Å²) in [5.74, 6) is 0.0499. The van der Waals surface area contributed by atoms with Crippen LogP contribution in [0.4, 0.5) is 0 Å². The molecule has 1 heterocycles. The van der Waals surface area contributed by atoms with Gasteiger partial charge in [0.25, 0.3) is 0 Å². The third-order valence-corrected chi connectivity index (χ3v) is 2.71. The first-order chi connectivity index (χ1) is 7.25. The summed E-state index contributed by atoms with van der Waals surface area (Å²) in [6.07, 6.45) is 5.00. The van der Waals surface area contributed by atoms with Crippen LogP contribution in [0.15, 0.2) is 41.0 Å². The molecule has 1 aliphatic heterocycles. The Morgan fingerprint density at radius 3 is 3.00 bits per heavy atom. The van der Waals surface area contributed by atoms with Gasteiger partial charge >= 0.3 is 0 Å². The van der Waals surface area contributed by atoms with E-state index >= 15 is 0 Å². The highest BCUT2D eigenvalue weighted by Gasteiger charge is 2.25. The third kappa shape index (κ3) is 1.11. The lowest BCUT2D eigenvalue weighted by Crippen LogP contribution is -2.11. The summed E-state index contributed by atoms with van der Waals surface area (Å²) in [6, 6.07) is 6.15. The van der Waals surface area contributed by atoms with Crippen molar-refractivity contribution in [2.75, 3.05) is 0 Å². The lowest BCUT2D eigenvalue weighted by atomic mass is 10.0. The van der Waals surface area contributed by atoms with Gasteiger partial charge in [-0.15, -0.1) is 0 Å². The second-order valence-corrected chi connectivity index (χ2v) is 3.81. The maximum atomic E-state index is 11.6. The van der Waals surface area contributed by atoms with Gasteiger partial charge in [0.15, 0.2) is 5.78 Å². The van der Waals surface area contributed by atoms with Gasteiger partial charge < -0.3 is 0 Å². The molecule has 0 aromatic heterocycles. The minimum Gasteiger partial charge on any atom is -0.289 e. The fourth-order valence-corrected chi connectivity index (χ4v) is 1.98. The number of carbonyl (C=O) groups is 1. The molecule has 1 aromatic carbocycles. The van der Waals surface area contributed by atoms with E-state index in [0.29, 0.717) is 0 Å². The van der Waals surface area contributed by atoms with Crippen LogP contribution in [0, 0.1) is 6.92 Å². The molecule has 2 nitrogen and oxygen atoms in total. The zero-order chi connectivity index (χ0) is 10.4. The van der Waals surface area contributed by atoms with Gasteiger partial charge in [-0.05, 0) is 18.6 Å². The molecule has 0 spiro atoms. The Morgan fingerprint density at radius 2 is 2.13 bits per heavy atom. The standard InChI is InChI=1S/C13H9NO/c1-8-2-3-10-9(6-8)7-11-12(15)4-5-14-13(10)11/h2-7H,1H3. The number of allylic oxidation sites excluding steroid dienone is 2. The molecule has 72 valence electrons. The molecule has 1 aliphatic carbocycles. The lowest BCUT2D eigenvalue weighted by Gasteiger charge is -2.05. The van der Waals surface area contributed by atoms with Crippen molar-refractivity contribution in [3.8, 4) is 0 Å². The molecular formula is C13H9NO. The highest BCUT2D eigenvalue weighted by Crippen LogP contribution is 2.29. The number of fused-ring (bicyclic) bond motifs is 3. The van der Waals surface area contributed by atoms with Gasteiger partial charge in [-0.25, -0.2) is 0 Å². The average Bonchev–Trinajstić information content (AvgIpc) is 2.57. The quantitative estimate of drug-likeness (QED) is 0.624. The van der Waals surface area contributed by atoms with E-state index in [-0.39, 0.29) is 5.78 Å². The molecule has 0 radical (unpaired) electrons. The summed E-state index contributed by atoms with van der Waals surface area (Å²) in [6.45, 7) is 2.04. The van der Waals surface area contributed by atoms with Gasteiger partial charge in [-0.1, -0.05) is 23.8 Å². The molecule has 0 unspecified atom stereocenters. The van der Waals surface area contributed by atoms with Gasteiger partial charge in [-0.3, -0.25) is 9.79 Å². The zero-order valence-electron chi connectivity index (χ0n) is 8.32. The number of ketones is 1. The van der Waals surface area contributed by atoms with Crippen molar-refractivity contribution in [1.82, 2.24) is 0 Å². The zero-order valence-corrected chi connectivity index (χ0v) is 8.32. The van der Waals surface area contributed by atoms with Crippen molar-refractivity contribution in [2.45, 2.75) is 6.92 Å². The minimum atomic E-state index is 0.0499. The van der Waals surface area contributed by atoms with Crippen LogP contribution in [-0.4, -0.2) is 11.5 Å². The maximum absolute atomic E-state index is 11.6.